The molecule has 0 radical (unpaired) electrons. The molecule has 0 fully saturated rings. The van der Waals surface area contributed by atoms with Crippen molar-refractivity contribution >= 4 is 11.6 Å². The van der Waals surface area contributed by atoms with E-state index in [2.05, 4.69) is 10.3 Å². The number of aromatic nitrogens is 1. The molecule has 0 saturated heterocycles. The highest BCUT2D eigenvalue weighted by molar-refractivity contribution is 5.91. The van der Waals surface area contributed by atoms with Gasteiger partial charge in [-0.05, 0) is 42.5 Å². The van der Waals surface area contributed by atoms with Crippen molar-refractivity contribution in [2.75, 3.05) is 11.9 Å². The molecule has 0 unspecified atom stereocenters. The van der Waals surface area contributed by atoms with E-state index in [1.54, 1.807) is 42.6 Å². The molecular formula is C19H14F2N2O3. The van der Waals surface area contributed by atoms with Crippen molar-refractivity contribution in [3.05, 3.63) is 78.5 Å². The fraction of sp³-hybridized carbons (Fsp3) is 0.0526. The lowest BCUT2D eigenvalue weighted by Gasteiger charge is -2.09. The Morgan fingerprint density at radius 2 is 1.73 bits per heavy atom. The molecule has 1 heterocycles. The number of nitrogens with one attached hydrogen (secondary N) is 1. The first-order valence-corrected chi connectivity index (χ1v) is 7.67. The number of ether oxygens (including phenoxy) is 2. The normalized spacial score (nSPS) is 10.2. The molecule has 2 aromatic carbocycles. The summed E-state index contributed by atoms with van der Waals surface area (Å²) in [6.07, 6.45) is 1.62. The van der Waals surface area contributed by atoms with E-state index >= 15 is 0 Å². The largest absolute Gasteiger partial charge is 0.484 e. The molecule has 26 heavy (non-hydrogen) atoms. The molecular weight excluding hydrogens is 342 g/mol. The number of rotatable bonds is 6. The molecule has 0 aliphatic heterocycles. The zero-order valence-electron chi connectivity index (χ0n) is 13.5. The van der Waals surface area contributed by atoms with Crippen LogP contribution < -0.4 is 14.8 Å². The lowest BCUT2D eigenvalue weighted by Crippen LogP contribution is -2.20. The van der Waals surface area contributed by atoms with Gasteiger partial charge in [-0.15, -0.1) is 0 Å². The van der Waals surface area contributed by atoms with Crippen molar-refractivity contribution < 1.29 is 23.0 Å². The summed E-state index contributed by atoms with van der Waals surface area (Å²) in [5.41, 5.74) is 0.150. The Kier molecular flexibility index (Phi) is 5.38. The quantitative estimate of drug-likeness (QED) is 0.720. The Balaban J connectivity index is 1.51. The van der Waals surface area contributed by atoms with E-state index in [0.717, 1.165) is 12.1 Å². The van der Waals surface area contributed by atoms with Gasteiger partial charge in [0.15, 0.2) is 18.2 Å². The van der Waals surface area contributed by atoms with Crippen molar-refractivity contribution in [3.8, 4) is 17.4 Å². The van der Waals surface area contributed by atoms with E-state index in [4.69, 9.17) is 9.47 Å². The highest BCUT2D eigenvalue weighted by Gasteiger charge is 2.07. The van der Waals surface area contributed by atoms with E-state index < -0.39 is 17.5 Å². The Bertz CT molecular complexity index is 887. The molecule has 1 aromatic heterocycles. The lowest BCUT2D eigenvalue weighted by atomic mass is 10.3. The Morgan fingerprint density at radius 3 is 2.42 bits per heavy atom. The molecule has 0 spiro atoms. The molecule has 5 nitrogen and oxygen atoms in total. The van der Waals surface area contributed by atoms with Gasteiger partial charge in [0.25, 0.3) is 5.91 Å². The standard InChI is InChI=1S/C19H14F2N2O3/c20-16-9-4-13(11-17(16)21)23-18(24)12-25-14-5-7-15(8-6-14)26-19-3-1-2-10-22-19/h1-11H,12H2,(H,23,24). The molecule has 7 heteroatoms. The zero-order chi connectivity index (χ0) is 18.4. The number of carbonyl (C=O) groups excluding carboxylic acids is 1. The van der Waals surface area contributed by atoms with Gasteiger partial charge in [0.1, 0.15) is 11.5 Å². The van der Waals surface area contributed by atoms with Crippen LogP contribution in [0.15, 0.2) is 66.9 Å². The summed E-state index contributed by atoms with van der Waals surface area (Å²) >= 11 is 0. The van der Waals surface area contributed by atoms with E-state index in [9.17, 15) is 13.6 Å². The highest BCUT2D eigenvalue weighted by atomic mass is 19.2. The first-order valence-electron chi connectivity index (χ1n) is 7.67. The van der Waals surface area contributed by atoms with Gasteiger partial charge >= 0.3 is 0 Å². The molecule has 0 atom stereocenters. The third-order valence-corrected chi connectivity index (χ3v) is 3.26. The number of hydrogen-bond donors (Lipinski definition) is 1. The average Bonchev–Trinajstić information content (AvgIpc) is 2.65. The smallest absolute Gasteiger partial charge is 0.262 e. The molecule has 0 aliphatic carbocycles. The number of nitrogens with zero attached hydrogens (tertiary/aromatic N) is 1. The number of amides is 1. The topological polar surface area (TPSA) is 60.5 Å². The second-order valence-corrected chi connectivity index (χ2v) is 5.21. The molecule has 0 aliphatic rings. The van der Waals surface area contributed by atoms with Crippen LogP contribution in [-0.2, 0) is 4.79 Å². The fourth-order valence-electron chi connectivity index (χ4n) is 2.05. The second kappa shape index (κ2) is 8.06. The summed E-state index contributed by atoms with van der Waals surface area (Å²) in [6, 6.07) is 15.1. The predicted molar refractivity (Wildman–Crippen MR) is 91.2 cm³/mol. The number of pyridine rings is 1. The van der Waals surface area contributed by atoms with E-state index in [0.29, 0.717) is 17.4 Å². The third-order valence-electron chi connectivity index (χ3n) is 3.26. The minimum atomic E-state index is -1.03. The first kappa shape index (κ1) is 17.3. The van der Waals surface area contributed by atoms with Crippen LogP contribution in [0.2, 0.25) is 0 Å². The Labute approximate surface area is 148 Å². The summed E-state index contributed by atoms with van der Waals surface area (Å²) in [5.74, 6) is -1.02. The predicted octanol–water partition coefficient (Wildman–Crippen LogP) is 4.17. The second-order valence-electron chi connectivity index (χ2n) is 5.21. The summed E-state index contributed by atoms with van der Waals surface area (Å²) in [4.78, 5) is 15.9. The van der Waals surface area contributed by atoms with Crippen LogP contribution in [0.25, 0.3) is 0 Å². The maximum absolute atomic E-state index is 13.1. The maximum Gasteiger partial charge on any atom is 0.262 e. The zero-order valence-corrected chi connectivity index (χ0v) is 13.5. The van der Waals surface area contributed by atoms with Gasteiger partial charge in [0.05, 0.1) is 0 Å². The maximum atomic E-state index is 13.1. The summed E-state index contributed by atoms with van der Waals surface area (Å²) in [7, 11) is 0. The van der Waals surface area contributed by atoms with E-state index in [1.807, 2.05) is 6.07 Å². The highest BCUT2D eigenvalue weighted by Crippen LogP contribution is 2.22. The van der Waals surface area contributed by atoms with Crippen molar-refractivity contribution in [1.82, 2.24) is 4.98 Å². The molecule has 1 amide bonds. The number of carbonyl (C=O) groups is 1. The number of benzene rings is 2. The van der Waals surface area contributed by atoms with Crippen LogP contribution in [0, 0.1) is 11.6 Å². The van der Waals surface area contributed by atoms with Gasteiger partial charge in [-0.3, -0.25) is 4.79 Å². The summed E-state index contributed by atoms with van der Waals surface area (Å²) in [6.45, 7) is -0.278. The van der Waals surface area contributed by atoms with Gasteiger partial charge in [0.2, 0.25) is 5.88 Å². The van der Waals surface area contributed by atoms with Crippen LogP contribution in [-0.4, -0.2) is 17.5 Å². The van der Waals surface area contributed by atoms with Crippen LogP contribution in [0.1, 0.15) is 0 Å². The van der Waals surface area contributed by atoms with Crippen LogP contribution >= 0.6 is 0 Å². The van der Waals surface area contributed by atoms with Gasteiger partial charge in [-0.2, -0.15) is 0 Å². The van der Waals surface area contributed by atoms with Crippen molar-refractivity contribution in [1.29, 1.82) is 0 Å². The molecule has 3 rings (SSSR count). The molecule has 132 valence electrons. The van der Waals surface area contributed by atoms with Crippen LogP contribution in [0.3, 0.4) is 0 Å². The Morgan fingerprint density at radius 1 is 0.962 bits per heavy atom. The van der Waals surface area contributed by atoms with Gasteiger partial charge in [-0.1, -0.05) is 6.07 Å². The monoisotopic (exact) mass is 356 g/mol. The number of hydrogen-bond acceptors (Lipinski definition) is 4. The third kappa shape index (κ3) is 4.76. The van der Waals surface area contributed by atoms with E-state index in [1.165, 1.54) is 6.07 Å². The molecule has 1 N–H and O–H groups in total. The van der Waals surface area contributed by atoms with Crippen LogP contribution in [0.4, 0.5) is 14.5 Å². The van der Waals surface area contributed by atoms with Gasteiger partial charge in [-0.25, -0.2) is 13.8 Å². The number of halogens is 2. The number of anilines is 1. The van der Waals surface area contributed by atoms with Crippen molar-refractivity contribution in [2.45, 2.75) is 0 Å². The summed E-state index contributed by atoms with van der Waals surface area (Å²) < 4.78 is 36.8. The first-order chi connectivity index (χ1) is 12.6. The average molecular weight is 356 g/mol. The molecule has 0 bridgehead atoms. The minimum Gasteiger partial charge on any atom is -0.484 e. The van der Waals surface area contributed by atoms with E-state index in [-0.39, 0.29) is 12.3 Å². The minimum absolute atomic E-state index is 0.150. The summed E-state index contributed by atoms with van der Waals surface area (Å²) in [5, 5.41) is 2.42. The van der Waals surface area contributed by atoms with Crippen LogP contribution in [0.5, 0.6) is 17.4 Å². The molecule has 0 saturated carbocycles. The van der Waals surface area contributed by atoms with Gasteiger partial charge in [0, 0.05) is 24.0 Å². The van der Waals surface area contributed by atoms with Crippen molar-refractivity contribution in [2.24, 2.45) is 0 Å². The van der Waals surface area contributed by atoms with Crippen molar-refractivity contribution in [3.63, 3.8) is 0 Å². The van der Waals surface area contributed by atoms with Gasteiger partial charge < -0.3 is 14.8 Å². The molecule has 3 aromatic rings. The fourth-order valence-corrected chi connectivity index (χ4v) is 2.05. The lowest BCUT2D eigenvalue weighted by molar-refractivity contribution is -0.118. The Hall–Kier alpha value is -3.48. The SMILES string of the molecule is O=C(COc1ccc(Oc2ccccn2)cc1)Nc1ccc(F)c(F)c1.